The Morgan fingerprint density at radius 1 is 1.38 bits per heavy atom. The third-order valence-electron chi connectivity index (χ3n) is 2.24. The first-order valence-electron chi connectivity index (χ1n) is 5.51. The van der Waals surface area contributed by atoms with Crippen molar-refractivity contribution in [3.05, 3.63) is 29.9 Å². The molecule has 4 nitrogen and oxygen atoms in total. The number of hydrogen-bond donors (Lipinski definition) is 1. The summed E-state index contributed by atoms with van der Waals surface area (Å²) in [6.07, 6.45) is 2.78. The second-order valence-corrected chi connectivity index (χ2v) is 3.73. The van der Waals surface area contributed by atoms with Crippen LogP contribution in [0.5, 0.6) is 0 Å². The minimum Gasteiger partial charge on any atom is -0.456 e. The molecule has 0 spiro atoms. The molecule has 0 unspecified atom stereocenters. The van der Waals surface area contributed by atoms with Crippen molar-refractivity contribution in [1.29, 1.82) is 0 Å². The zero-order valence-corrected chi connectivity index (χ0v) is 9.62. The number of nitrogens with one attached hydrogen (secondary N) is 1. The fourth-order valence-corrected chi connectivity index (χ4v) is 1.44. The summed E-state index contributed by atoms with van der Waals surface area (Å²) >= 11 is 0. The quantitative estimate of drug-likeness (QED) is 0.787. The Kier molecular flexibility index (Phi) is 3.41. The van der Waals surface area contributed by atoms with E-state index in [1.807, 2.05) is 19.1 Å². The summed E-state index contributed by atoms with van der Waals surface area (Å²) in [6, 6.07) is 3.76. The van der Waals surface area contributed by atoms with Crippen molar-refractivity contribution in [2.24, 2.45) is 0 Å². The van der Waals surface area contributed by atoms with Crippen molar-refractivity contribution >= 4 is 0 Å². The molecular formula is C12H16N2O2. The summed E-state index contributed by atoms with van der Waals surface area (Å²) < 4.78 is 10.8. The molecule has 0 aliphatic heterocycles. The van der Waals surface area contributed by atoms with Crippen molar-refractivity contribution < 1.29 is 8.83 Å². The molecular weight excluding hydrogens is 204 g/mol. The normalized spacial score (nSPS) is 10.9. The highest BCUT2D eigenvalue weighted by molar-refractivity contribution is 5.44. The van der Waals surface area contributed by atoms with E-state index in [1.54, 1.807) is 6.26 Å². The van der Waals surface area contributed by atoms with E-state index in [-0.39, 0.29) is 0 Å². The minimum atomic E-state index is 0.543. The molecule has 2 aromatic heterocycles. The number of aromatic nitrogens is 1. The first-order chi connectivity index (χ1) is 7.79. The molecule has 1 N–H and O–H groups in total. The van der Waals surface area contributed by atoms with Gasteiger partial charge in [-0.3, -0.25) is 0 Å². The highest BCUT2D eigenvalue weighted by atomic mass is 16.4. The number of aryl methyl sites for hydroxylation is 1. The molecule has 0 radical (unpaired) electrons. The van der Waals surface area contributed by atoms with E-state index in [0.717, 1.165) is 31.0 Å². The smallest absolute Gasteiger partial charge is 0.263 e. The fraction of sp³-hybridized carbons (Fsp3) is 0.417. The van der Waals surface area contributed by atoms with Gasteiger partial charge in [0.05, 0.1) is 5.69 Å². The number of rotatable bonds is 5. The first-order valence-corrected chi connectivity index (χ1v) is 5.51. The van der Waals surface area contributed by atoms with Crippen LogP contribution in [-0.4, -0.2) is 11.5 Å². The average molecular weight is 220 g/mol. The van der Waals surface area contributed by atoms with E-state index in [0.29, 0.717) is 11.7 Å². The third kappa shape index (κ3) is 2.52. The summed E-state index contributed by atoms with van der Waals surface area (Å²) in [5, 5.41) is 3.27. The molecule has 86 valence electrons. The van der Waals surface area contributed by atoms with Crippen LogP contribution in [-0.2, 0) is 6.54 Å². The summed E-state index contributed by atoms with van der Waals surface area (Å²) in [5.74, 6) is 2.08. The van der Waals surface area contributed by atoms with Gasteiger partial charge >= 0.3 is 0 Å². The van der Waals surface area contributed by atoms with Crippen molar-refractivity contribution in [2.45, 2.75) is 26.8 Å². The Labute approximate surface area is 94.7 Å². The van der Waals surface area contributed by atoms with Crippen molar-refractivity contribution in [3.63, 3.8) is 0 Å². The van der Waals surface area contributed by atoms with Crippen LogP contribution in [0.25, 0.3) is 11.7 Å². The van der Waals surface area contributed by atoms with E-state index >= 15 is 0 Å². The predicted octanol–water partition coefficient (Wildman–Crippen LogP) is 2.74. The lowest BCUT2D eigenvalue weighted by Crippen LogP contribution is -2.13. The van der Waals surface area contributed by atoms with Gasteiger partial charge in [0.15, 0.2) is 5.76 Å². The lowest BCUT2D eigenvalue weighted by Gasteiger charge is -1.96. The Hall–Kier alpha value is -1.55. The van der Waals surface area contributed by atoms with E-state index in [4.69, 9.17) is 8.83 Å². The van der Waals surface area contributed by atoms with Gasteiger partial charge in [-0.1, -0.05) is 6.92 Å². The van der Waals surface area contributed by atoms with Crippen LogP contribution in [0.1, 0.15) is 24.8 Å². The van der Waals surface area contributed by atoms with Gasteiger partial charge in [-0.05, 0) is 32.0 Å². The van der Waals surface area contributed by atoms with Gasteiger partial charge in [0.1, 0.15) is 12.0 Å². The molecule has 2 rings (SSSR count). The first kappa shape index (κ1) is 11.0. The highest BCUT2D eigenvalue weighted by Gasteiger charge is 2.09. The highest BCUT2D eigenvalue weighted by Crippen LogP contribution is 2.20. The summed E-state index contributed by atoms with van der Waals surface area (Å²) in [5.41, 5.74) is 0.900. The summed E-state index contributed by atoms with van der Waals surface area (Å²) in [6.45, 7) is 5.75. The van der Waals surface area contributed by atoms with Crippen LogP contribution >= 0.6 is 0 Å². The second kappa shape index (κ2) is 4.99. The Balaban J connectivity index is 2.02. The van der Waals surface area contributed by atoms with E-state index in [1.165, 1.54) is 0 Å². The van der Waals surface area contributed by atoms with E-state index in [9.17, 15) is 0 Å². The molecule has 0 aliphatic carbocycles. The molecule has 0 aromatic carbocycles. The monoisotopic (exact) mass is 220 g/mol. The molecule has 0 saturated heterocycles. The lowest BCUT2D eigenvalue weighted by atomic mass is 10.4. The molecule has 0 saturated carbocycles. The number of oxazole rings is 1. The molecule has 0 aliphatic rings. The number of hydrogen-bond acceptors (Lipinski definition) is 4. The maximum atomic E-state index is 5.43. The fourth-order valence-electron chi connectivity index (χ4n) is 1.44. The lowest BCUT2D eigenvalue weighted by molar-refractivity contribution is 0.501. The average Bonchev–Trinajstić information content (AvgIpc) is 2.87. The van der Waals surface area contributed by atoms with Crippen LogP contribution in [0.3, 0.4) is 0 Å². The van der Waals surface area contributed by atoms with Crippen LogP contribution in [0.2, 0.25) is 0 Å². The van der Waals surface area contributed by atoms with Gasteiger partial charge < -0.3 is 14.2 Å². The Morgan fingerprint density at radius 3 is 2.94 bits per heavy atom. The van der Waals surface area contributed by atoms with E-state index < -0.39 is 0 Å². The zero-order chi connectivity index (χ0) is 11.4. The van der Waals surface area contributed by atoms with Crippen LogP contribution in [0.4, 0.5) is 0 Å². The van der Waals surface area contributed by atoms with Gasteiger partial charge in [-0.25, -0.2) is 4.98 Å². The summed E-state index contributed by atoms with van der Waals surface area (Å²) in [4.78, 5) is 4.34. The molecule has 2 heterocycles. The topological polar surface area (TPSA) is 51.2 Å². The zero-order valence-electron chi connectivity index (χ0n) is 9.62. The third-order valence-corrected chi connectivity index (χ3v) is 2.24. The molecule has 2 aromatic rings. The van der Waals surface area contributed by atoms with Crippen molar-refractivity contribution in [1.82, 2.24) is 10.3 Å². The van der Waals surface area contributed by atoms with Crippen LogP contribution in [0.15, 0.2) is 27.2 Å². The van der Waals surface area contributed by atoms with Crippen LogP contribution in [0, 0.1) is 6.92 Å². The van der Waals surface area contributed by atoms with Crippen LogP contribution < -0.4 is 5.32 Å². The maximum Gasteiger partial charge on any atom is 0.263 e. The molecule has 0 atom stereocenters. The van der Waals surface area contributed by atoms with Gasteiger partial charge in [-0.2, -0.15) is 0 Å². The summed E-state index contributed by atoms with van der Waals surface area (Å²) in [7, 11) is 0. The van der Waals surface area contributed by atoms with Gasteiger partial charge in [-0.15, -0.1) is 0 Å². The molecule has 4 heteroatoms. The van der Waals surface area contributed by atoms with Gasteiger partial charge in [0.2, 0.25) is 0 Å². The maximum absolute atomic E-state index is 5.43. The molecule has 16 heavy (non-hydrogen) atoms. The standard InChI is InChI=1S/C12H16N2O2/c1-3-6-13-7-10-8-15-12(14-10)11-5-4-9(2)16-11/h4-5,8,13H,3,6-7H2,1-2H3. The van der Waals surface area contributed by atoms with Crippen molar-refractivity contribution in [2.75, 3.05) is 6.54 Å². The second-order valence-electron chi connectivity index (χ2n) is 3.73. The number of nitrogens with zero attached hydrogens (tertiary/aromatic N) is 1. The Bertz CT molecular complexity index is 445. The number of furan rings is 1. The van der Waals surface area contributed by atoms with Gasteiger partial charge in [0.25, 0.3) is 5.89 Å². The molecule has 0 bridgehead atoms. The van der Waals surface area contributed by atoms with Crippen molar-refractivity contribution in [3.8, 4) is 11.7 Å². The molecule has 0 amide bonds. The Morgan fingerprint density at radius 2 is 2.25 bits per heavy atom. The van der Waals surface area contributed by atoms with E-state index in [2.05, 4.69) is 17.2 Å². The molecule has 0 fully saturated rings. The predicted molar refractivity (Wildman–Crippen MR) is 60.9 cm³/mol. The largest absolute Gasteiger partial charge is 0.456 e. The van der Waals surface area contributed by atoms with Gasteiger partial charge in [0, 0.05) is 6.54 Å². The minimum absolute atomic E-state index is 0.543. The SMILES string of the molecule is CCCNCc1coc(-c2ccc(C)o2)n1.